The summed E-state index contributed by atoms with van der Waals surface area (Å²) in [5.74, 6) is 0.393. The monoisotopic (exact) mass is 152 g/mol. The number of ketones is 1. The number of hydrogen-bond acceptors (Lipinski definition) is 1. The van der Waals surface area contributed by atoms with E-state index in [4.69, 9.17) is 0 Å². The fourth-order valence-electron chi connectivity index (χ4n) is 1.54. The largest absolute Gasteiger partial charge is 0.295 e. The van der Waals surface area contributed by atoms with Gasteiger partial charge in [0.15, 0.2) is 5.78 Å². The lowest BCUT2D eigenvalue weighted by Gasteiger charge is -1.98. The number of Topliss-reactive ketones (excluding diaryl/α,β-unsaturated/α-hetero) is 1. The van der Waals surface area contributed by atoms with Gasteiger partial charge in [0.1, 0.15) is 0 Å². The van der Waals surface area contributed by atoms with Crippen LogP contribution in [-0.2, 0) is 4.79 Å². The predicted molar refractivity (Wildman–Crippen MR) is 46.5 cm³/mol. The molecule has 0 atom stereocenters. The average Bonchev–Trinajstić information content (AvgIpc) is 2.18. The molecular weight excluding hydrogens is 136 g/mol. The zero-order valence-electron chi connectivity index (χ0n) is 7.23. The Kier molecular flexibility index (Phi) is 3.34. The van der Waals surface area contributed by atoms with Crippen molar-refractivity contribution in [3.05, 3.63) is 11.6 Å². The minimum atomic E-state index is 0.393. The third kappa shape index (κ3) is 2.49. The average molecular weight is 152 g/mol. The van der Waals surface area contributed by atoms with Crippen molar-refractivity contribution < 1.29 is 4.79 Å². The second-order valence-electron chi connectivity index (χ2n) is 3.12. The van der Waals surface area contributed by atoms with Crippen LogP contribution in [0.5, 0.6) is 0 Å². The third-order valence-electron chi connectivity index (χ3n) is 2.16. The highest BCUT2D eigenvalue weighted by molar-refractivity contribution is 5.95. The molecule has 0 aromatic carbocycles. The standard InChI is InChI=1S/C10H16O/c1-2-6-9-7-4-3-5-8-10(9)11/h6H,2-5,7-8H2,1H3/b9-6-. The summed E-state index contributed by atoms with van der Waals surface area (Å²) in [6.45, 7) is 2.09. The topological polar surface area (TPSA) is 17.1 Å². The van der Waals surface area contributed by atoms with Gasteiger partial charge in [-0.2, -0.15) is 0 Å². The molecule has 0 unspecified atom stereocenters. The molecule has 1 aliphatic rings. The zero-order chi connectivity index (χ0) is 8.10. The Hall–Kier alpha value is -0.590. The van der Waals surface area contributed by atoms with Gasteiger partial charge in [0.25, 0.3) is 0 Å². The van der Waals surface area contributed by atoms with Gasteiger partial charge in [-0.25, -0.2) is 0 Å². The Bertz CT molecular complexity index is 168. The third-order valence-corrected chi connectivity index (χ3v) is 2.16. The van der Waals surface area contributed by atoms with Crippen molar-refractivity contribution in [2.24, 2.45) is 0 Å². The molecule has 1 rings (SSSR count). The number of allylic oxidation sites excluding steroid dienone is 2. The highest BCUT2D eigenvalue weighted by Crippen LogP contribution is 2.19. The van der Waals surface area contributed by atoms with E-state index in [0.717, 1.165) is 31.3 Å². The Labute approximate surface area is 68.5 Å². The Morgan fingerprint density at radius 2 is 2.00 bits per heavy atom. The normalized spacial score (nSPS) is 23.7. The fraction of sp³-hybridized carbons (Fsp3) is 0.700. The van der Waals surface area contributed by atoms with E-state index in [-0.39, 0.29) is 0 Å². The summed E-state index contributed by atoms with van der Waals surface area (Å²) in [5, 5.41) is 0. The zero-order valence-corrected chi connectivity index (χ0v) is 7.23. The van der Waals surface area contributed by atoms with E-state index in [1.54, 1.807) is 0 Å². The van der Waals surface area contributed by atoms with E-state index in [1.807, 2.05) is 0 Å². The maximum Gasteiger partial charge on any atom is 0.158 e. The molecule has 0 radical (unpaired) electrons. The van der Waals surface area contributed by atoms with Gasteiger partial charge in [0, 0.05) is 6.42 Å². The first-order chi connectivity index (χ1) is 5.34. The van der Waals surface area contributed by atoms with Crippen molar-refractivity contribution in [3.8, 4) is 0 Å². The van der Waals surface area contributed by atoms with Crippen molar-refractivity contribution in [3.63, 3.8) is 0 Å². The van der Waals surface area contributed by atoms with Crippen LogP contribution in [-0.4, -0.2) is 5.78 Å². The van der Waals surface area contributed by atoms with Crippen LogP contribution in [0.4, 0.5) is 0 Å². The van der Waals surface area contributed by atoms with Crippen molar-refractivity contribution in [2.45, 2.75) is 45.4 Å². The lowest BCUT2D eigenvalue weighted by molar-refractivity contribution is -0.115. The van der Waals surface area contributed by atoms with Crippen molar-refractivity contribution in [1.29, 1.82) is 0 Å². The summed E-state index contributed by atoms with van der Waals surface area (Å²) in [4.78, 5) is 11.3. The summed E-state index contributed by atoms with van der Waals surface area (Å²) in [6, 6.07) is 0. The Balaban J connectivity index is 2.59. The van der Waals surface area contributed by atoms with E-state index in [2.05, 4.69) is 13.0 Å². The highest BCUT2D eigenvalue weighted by Gasteiger charge is 2.11. The second-order valence-corrected chi connectivity index (χ2v) is 3.12. The van der Waals surface area contributed by atoms with Gasteiger partial charge in [-0.1, -0.05) is 19.4 Å². The van der Waals surface area contributed by atoms with E-state index in [9.17, 15) is 4.79 Å². The van der Waals surface area contributed by atoms with Crippen molar-refractivity contribution in [1.82, 2.24) is 0 Å². The van der Waals surface area contributed by atoms with Gasteiger partial charge in [0.2, 0.25) is 0 Å². The lowest BCUT2D eigenvalue weighted by Crippen LogP contribution is -1.98. The minimum Gasteiger partial charge on any atom is -0.295 e. The minimum absolute atomic E-state index is 0.393. The summed E-state index contributed by atoms with van der Waals surface area (Å²) >= 11 is 0. The first-order valence-corrected chi connectivity index (χ1v) is 4.57. The van der Waals surface area contributed by atoms with E-state index in [0.29, 0.717) is 5.78 Å². The van der Waals surface area contributed by atoms with Crippen molar-refractivity contribution in [2.75, 3.05) is 0 Å². The molecule has 0 bridgehead atoms. The van der Waals surface area contributed by atoms with Crippen molar-refractivity contribution >= 4 is 5.78 Å². The van der Waals surface area contributed by atoms with Gasteiger partial charge in [0.05, 0.1) is 0 Å². The van der Waals surface area contributed by atoms with E-state index < -0.39 is 0 Å². The molecule has 1 nitrogen and oxygen atoms in total. The van der Waals surface area contributed by atoms with Crippen LogP contribution in [0.15, 0.2) is 11.6 Å². The fourth-order valence-corrected chi connectivity index (χ4v) is 1.54. The van der Waals surface area contributed by atoms with Crippen LogP contribution < -0.4 is 0 Å². The summed E-state index contributed by atoms with van der Waals surface area (Å²) < 4.78 is 0. The maximum absolute atomic E-state index is 11.3. The van der Waals surface area contributed by atoms with Gasteiger partial charge in [-0.05, 0) is 31.3 Å². The number of carbonyl (C=O) groups excluding carboxylic acids is 1. The van der Waals surface area contributed by atoms with Crippen LogP contribution in [0, 0.1) is 0 Å². The van der Waals surface area contributed by atoms with Crippen LogP contribution in [0.25, 0.3) is 0 Å². The molecule has 62 valence electrons. The molecule has 1 fully saturated rings. The predicted octanol–water partition coefficient (Wildman–Crippen LogP) is 2.86. The molecule has 0 N–H and O–H groups in total. The quantitative estimate of drug-likeness (QED) is 0.417. The lowest BCUT2D eigenvalue weighted by atomic mass is 10.1. The maximum atomic E-state index is 11.3. The molecule has 0 saturated heterocycles. The highest BCUT2D eigenvalue weighted by atomic mass is 16.1. The van der Waals surface area contributed by atoms with Crippen LogP contribution in [0.1, 0.15) is 45.4 Å². The molecule has 0 aromatic rings. The van der Waals surface area contributed by atoms with E-state index in [1.165, 1.54) is 12.8 Å². The van der Waals surface area contributed by atoms with Gasteiger partial charge < -0.3 is 0 Å². The smallest absolute Gasteiger partial charge is 0.158 e. The Morgan fingerprint density at radius 1 is 1.27 bits per heavy atom. The summed E-state index contributed by atoms with van der Waals surface area (Å²) in [7, 11) is 0. The van der Waals surface area contributed by atoms with Crippen LogP contribution in [0.2, 0.25) is 0 Å². The molecule has 1 heteroatoms. The molecule has 1 aliphatic carbocycles. The summed E-state index contributed by atoms with van der Waals surface area (Å²) in [5.41, 5.74) is 1.09. The molecule has 0 aliphatic heterocycles. The Morgan fingerprint density at radius 3 is 2.73 bits per heavy atom. The van der Waals surface area contributed by atoms with E-state index >= 15 is 0 Å². The second kappa shape index (κ2) is 4.32. The molecular formula is C10H16O. The first kappa shape index (κ1) is 8.51. The van der Waals surface area contributed by atoms with Gasteiger partial charge in [-0.3, -0.25) is 4.79 Å². The number of hydrogen-bond donors (Lipinski definition) is 0. The van der Waals surface area contributed by atoms with Gasteiger partial charge >= 0.3 is 0 Å². The van der Waals surface area contributed by atoms with Crippen LogP contribution in [0.3, 0.4) is 0 Å². The first-order valence-electron chi connectivity index (χ1n) is 4.57. The molecule has 11 heavy (non-hydrogen) atoms. The number of carbonyl (C=O) groups is 1. The molecule has 0 spiro atoms. The molecule has 0 aromatic heterocycles. The van der Waals surface area contributed by atoms with Crippen LogP contribution >= 0.6 is 0 Å². The van der Waals surface area contributed by atoms with Gasteiger partial charge in [-0.15, -0.1) is 0 Å². The SMILES string of the molecule is CC/C=C1/CCCCCC1=O. The number of rotatable bonds is 1. The molecule has 0 heterocycles. The molecule has 1 saturated carbocycles. The summed E-state index contributed by atoms with van der Waals surface area (Å²) in [6.07, 6.45) is 8.43. The molecule has 0 amide bonds.